The van der Waals surface area contributed by atoms with Crippen LogP contribution in [-0.2, 0) is 9.53 Å². The largest absolute Gasteiger partial charge is 0.497 e. The van der Waals surface area contributed by atoms with E-state index in [-0.39, 0.29) is 36.1 Å². The molecule has 2 aromatic carbocycles. The van der Waals surface area contributed by atoms with Crippen LogP contribution in [0.25, 0.3) is 0 Å². The Kier molecular flexibility index (Phi) is 9.78. The molecule has 0 aromatic heterocycles. The monoisotopic (exact) mass is 497 g/mol. The van der Waals surface area contributed by atoms with E-state index in [1.165, 1.54) is 0 Å². The Morgan fingerprint density at radius 3 is 2.46 bits per heavy atom. The number of aryl methyl sites for hydroxylation is 1. The zero-order valence-electron chi connectivity index (χ0n) is 21.2. The molecule has 35 heavy (non-hydrogen) atoms. The number of nitrogens with zero attached hydrogens (tertiary/aromatic N) is 1. The van der Waals surface area contributed by atoms with Gasteiger partial charge in [-0.3, -0.25) is 14.6 Å². The molecule has 6 nitrogen and oxygen atoms in total. The van der Waals surface area contributed by atoms with Crippen molar-refractivity contribution in [1.29, 1.82) is 0 Å². The lowest BCUT2D eigenvalue weighted by atomic mass is 9.96. The zero-order chi connectivity index (χ0) is 25.4. The van der Waals surface area contributed by atoms with Crippen molar-refractivity contribution in [3.05, 3.63) is 59.2 Å². The molecule has 0 saturated heterocycles. The van der Waals surface area contributed by atoms with Gasteiger partial charge >= 0.3 is 5.97 Å². The van der Waals surface area contributed by atoms with Gasteiger partial charge in [-0.15, -0.1) is 11.8 Å². The van der Waals surface area contributed by atoms with Crippen molar-refractivity contribution in [2.24, 2.45) is 10.9 Å². The summed E-state index contributed by atoms with van der Waals surface area (Å²) in [6.45, 7) is 8.67. The quantitative estimate of drug-likeness (QED) is 0.269. The normalized spacial score (nSPS) is 17.3. The average molecular weight is 498 g/mol. The number of Topliss-reactive ketones (excluding diaryl/α,β-unsaturated/α-hetero) is 1. The Morgan fingerprint density at radius 1 is 1.09 bits per heavy atom. The van der Waals surface area contributed by atoms with E-state index in [0.29, 0.717) is 30.3 Å². The van der Waals surface area contributed by atoms with E-state index in [0.717, 1.165) is 28.3 Å². The van der Waals surface area contributed by atoms with Crippen LogP contribution in [0, 0.1) is 12.8 Å². The summed E-state index contributed by atoms with van der Waals surface area (Å²) in [5.41, 5.74) is 2.64. The topological polar surface area (TPSA) is 74.2 Å². The summed E-state index contributed by atoms with van der Waals surface area (Å²) in [5.74, 6) is 1.74. The molecular weight excluding hydrogens is 462 g/mol. The van der Waals surface area contributed by atoms with Crippen LogP contribution < -0.4 is 9.47 Å². The molecular formula is C28H35NO5S. The number of benzene rings is 2. The first-order valence-corrected chi connectivity index (χ1v) is 13.0. The van der Waals surface area contributed by atoms with Crippen LogP contribution >= 0.6 is 11.8 Å². The van der Waals surface area contributed by atoms with Gasteiger partial charge in [0.25, 0.3) is 0 Å². The maximum atomic E-state index is 13.0. The molecule has 0 N–H and O–H groups in total. The lowest BCUT2D eigenvalue weighted by molar-refractivity contribution is -0.143. The molecule has 1 aliphatic heterocycles. The van der Waals surface area contributed by atoms with Crippen LogP contribution in [0.3, 0.4) is 0 Å². The van der Waals surface area contributed by atoms with E-state index in [1.807, 2.05) is 37.3 Å². The summed E-state index contributed by atoms with van der Waals surface area (Å²) >= 11 is 1.77. The molecule has 0 saturated carbocycles. The number of ketones is 1. The van der Waals surface area contributed by atoms with Crippen LogP contribution in [0.2, 0.25) is 0 Å². The third kappa shape index (κ3) is 7.34. The highest BCUT2D eigenvalue weighted by Crippen LogP contribution is 2.37. The summed E-state index contributed by atoms with van der Waals surface area (Å²) in [6, 6.07) is 13.6. The number of carbonyl (C=O) groups is 2. The molecule has 188 valence electrons. The lowest BCUT2D eigenvalue weighted by Crippen LogP contribution is -2.24. The van der Waals surface area contributed by atoms with E-state index >= 15 is 0 Å². The Morgan fingerprint density at radius 2 is 1.83 bits per heavy atom. The molecule has 3 rings (SSSR count). The van der Waals surface area contributed by atoms with Crippen molar-refractivity contribution in [2.75, 3.05) is 20.3 Å². The van der Waals surface area contributed by atoms with Gasteiger partial charge in [0.05, 0.1) is 37.8 Å². The number of methoxy groups -OCH3 is 1. The second-order valence-corrected chi connectivity index (χ2v) is 10.1. The maximum absolute atomic E-state index is 13.0. The van der Waals surface area contributed by atoms with Gasteiger partial charge in [-0.25, -0.2) is 0 Å². The molecule has 0 spiro atoms. The molecule has 0 amide bonds. The highest BCUT2D eigenvalue weighted by molar-refractivity contribution is 8.15. The van der Waals surface area contributed by atoms with Gasteiger partial charge in [0.15, 0.2) is 5.78 Å². The molecule has 2 atom stereocenters. The summed E-state index contributed by atoms with van der Waals surface area (Å²) in [4.78, 5) is 29.5. The minimum atomic E-state index is -0.277. The van der Waals surface area contributed by atoms with Gasteiger partial charge in [0.2, 0.25) is 0 Å². The Balaban J connectivity index is 1.57. The van der Waals surface area contributed by atoms with Gasteiger partial charge in [0, 0.05) is 22.8 Å². The van der Waals surface area contributed by atoms with Crippen molar-refractivity contribution in [3.8, 4) is 11.5 Å². The van der Waals surface area contributed by atoms with Gasteiger partial charge in [0.1, 0.15) is 11.5 Å². The molecule has 7 heteroatoms. The van der Waals surface area contributed by atoms with Crippen LogP contribution in [0.1, 0.15) is 61.5 Å². The van der Waals surface area contributed by atoms with Crippen molar-refractivity contribution in [3.63, 3.8) is 0 Å². The molecule has 0 fully saturated rings. The second-order valence-electron chi connectivity index (χ2n) is 8.90. The smallest absolute Gasteiger partial charge is 0.309 e. The minimum absolute atomic E-state index is 0.118. The van der Waals surface area contributed by atoms with E-state index in [4.69, 9.17) is 19.2 Å². The first-order chi connectivity index (χ1) is 16.8. The Hall–Kier alpha value is -2.80. The first-order valence-electron chi connectivity index (χ1n) is 12.1. The van der Waals surface area contributed by atoms with E-state index in [9.17, 15) is 9.59 Å². The number of hydrogen-bond donors (Lipinski definition) is 0. The number of rotatable bonds is 12. The van der Waals surface area contributed by atoms with Crippen LogP contribution in [0.5, 0.6) is 11.5 Å². The first kappa shape index (κ1) is 26.8. The number of thioether (sulfide) groups is 1. The van der Waals surface area contributed by atoms with Gasteiger partial charge in [-0.2, -0.15) is 0 Å². The SMILES string of the molecule is CCOC(=O)CCOc1ccc(C(=O)CCC2SC(c3ccc(OC)cc3)=NC2C(C)C)cc1C. The second kappa shape index (κ2) is 12.8. The number of esters is 1. The standard InChI is InChI=1S/C28H35NO5S/c1-6-33-26(31)15-16-34-24-13-9-21(17-19(24)4)23(30)12-14-25-27(18(2)3)29-28(35-25)20-7-10-22(32-5)11-8-20/h7-11,13,17-18,25,27H,6,12,14-16H2,1-5H3. The fourth-order valence-corrected chi connectivity index (χ4v) is 5.52. The number of hydrogen-bond acceptors (Lipinski definition) is 7. The molecule has 0 aliphatic carbocycles. The van der Waals surface area contributed by atoms with Crippen LogP contribution in [-0.4, -0.2) is 48.4 Å². The predicted octanol–water partition coefficient (Wildman–Crippen LogP) is 5.89. The Labute approximate surface area is 212 Å². The highest BCUT2D eigenvalue weighted by Gasteiger charge is 2.33. The van der Waals surface area contributed by atoms with E-state index in [2.05, 4.69) is 13.8 Å². The third-order valence-electron chi connectivity index (χ3n) is 5.95. The van der Waals surface area contributed by atoms with Gasteiger partial charge in [-0.1, -0.05) is 13.8 Å². The summed E-state index contributed by atoms with van der Waals surface area (Å²) in [6.07, 6.45) is 1.44. The van der Waals surface area contributed by atoms with Crippen molar-refractivity contribution in [1.82, 2.24) is 0 Å². The maximum Gasteiger partial charge on any atom is 0.309 e. The van der Waals surface area contributed by atoms with Crippen LogP contribution in [0.15, 0.2) is 47.5 Å². The molecule has 2 unspecified atom stereocenters. The third-order valence-corrected chi connectivity index (χ3v) is 7.33. The highest BCUT2D eigenvalue weighted by atomic mass is 32.2. The molecule has 0 bridgehead atoms. The fraction of sp³-hybridized carbons (Fsp3) is 0.464. The van der Waals surface area contributed by atoms with E-state index < -0.39 is 0 Å². The lowest BCUT2D eigenvalue weighted by Gasteiger charge is -2.20. The van der Waals surface area contributed by atoms with Crippen LogP contribution in [0.4, 0.5) is 0 Å². The van der Waals surface area contributed by atoms with Crippen molar-refractivity contribution >= 4 is 28.6 Å². The summed E-state index contributed by atoms with van der Waals surface area (Å²) in [7, 11) is 1.66. The number of carbonyl (C=O) groups excluding carboxylic acids is 2. The number of ether oxygens (including phenoxy) is 3. The summed E-state index contributed by atoms with van der Waals surface area (Å²) < 4.78 is 15.9. The minimum Gasteiger partial charge on any atom is -0.497 e. The molecule has 1 aliphatic rings. The molecule has 1 heterocycles. The predicted molar refractivity (Wildman–Crippen MR) is 141 cm³/mol. The van der Waals surface area contributed by atoms with Gasteiger partial charge < -0.3 is 14.2 Å². The average Bonchev–Trinajstić information content (AvgIpc) is 3.28. The Bertz CT molecular complexity index is 1050. The fourth-order valence-electron chi connectivity index (χ4n) is 4.03. The molecule has 0 radical (unpaired) electrons. The molecule has 2 aromatic rings. The summed E-state index contributed by atoms with van der Waals surface area (Å²) in [5, 5.41) is 1.30. The zero-order valence-corrected chi connectivity index (χ0v) is 22.0. The van der Waals surface area contributed by atoms with Crippen molar-refractivity contribution in [2.45, 2.75) is 58.2 Å². The van der Waals surface area contributed by atoms with E-state index in [1.54, 1.807) is 37.9 Å². The number of aliphatic imine (C=N–C) groups is 1. The van der Waals surface area contributed by atoms with Crippen molar-refractivity contribution < 1.29 is 23.8 Å². The van der Waals surface area contributed by atoms with Gasteiger partial charge in [-0.05, 0) is 74.2 Å².